The number of nitrogens with two attached hydrogens (primary N) is 1. The van der Waals surface area contributed by atoms with Crippen molar-refractivity contribution < 1.29 is 4.74 Å². The maximum atomic E-state index is 6.13. The molecule has 0 aliphatic carbocycles. The van der Waals surface area contributed by atoms with Crippen molar-refractivity contribution in [2.24, 2.45) is 5.73 Å². The van der Waals surface area contributed by atoms with Crippen LogP contribution in [0.15, 0.2) is 24.3 Å². The van der Waals surface area contributed by atoms with E-state index < -0.39 is 0 Å². The molecule has 0 saturated carbocycles. The lowest BCUT2D eigenvalue weighted by Gasteiger charge is -2.04. The fourth-order valence-electron chi connectivity index (χ4n) is 1.56. The third kappa shape index (κ3) is 2.60. The maximum absolute atomic E-state index is 6.13. The lowest BCUT2D eigenvalue weighted by atomic mass is 10.2. The third-order valence-electron chi connectivity index (χ3n) is 2.37. The molecule has 0 aliphatic heterocycles. The van der Waals surface area contributed by atoms with Crippen LogP contribution in [0.2, 0.25) is 4.34 Å². The highest BCUT2D eigenvalue weighted by atomic mass is 35.5. The van der Waals surface area contributed by atoms with E-state index in [4.69, 9.17) is 22.1 Å². The van der Waals surface area contributed by atoms with Crippen LogP contribution in [0.5, 0.6) is 5.75 Å². The molecule has 0 unspecified atom stereocenters. The van der Waals surface area contributed by atoms with Gasteiger partial charge >= 0.3 is 0 Å². The Balaban J connectivity index is 2.42. The van der Waals surface area contributed by atoms with E-state index in [1.165, 1.54) is 11.3 Å². The van der Waals surface area contributed by atoms with Gasteiger partial charge in [0, 0.05) is 6.42 Å². The van der Waals surface area contributed by atoms with Crippen LogP contribution >= 0.6 is 22.9 Å². The zero-order chi connectivity index (χ0) is 12.3. The fraction of sp³-hybridized carbons (Fsp3) is 0.250. The van der Waals surface area contributed by atoms with Gasteiger partial charge in [-0.05, 0) is 18.7 Å². The minimum absolute atomic E-state index is 0.550. The highest BCUT2D eigenvalue weighted by Gasteiger charge is 2.13. The summed E-state index contributed by atoms with van der Waals surface area (Å²) < 4.78 is 6.01. The van der Waals surface area contributed by atoms with Gasteiger partial charge in [-0.25, -0.2) is 4.98 Å². The van der Waals surface area contributed by atoms with Crippen molar-refractivity contribution in [2.45, 2.75) is 6.42 Å². The Bertz CT molecular complexity index is 513. The van der Waals surface area contributed by atoms with E-state index in [0.29, 0.717) is 17.3 Å². The van der Waals surface area contributed by atoms with Crippen molar-refractivity contribution in [1.82, 2.24) is 4.98 Å². The molecule has 0 atom stereocenters. The number of rotatable bonds is 4. The van der Waals surface area contributed by atoms with E-state index in [-0.39, 0.29) is 0 Å². The Morgan fingerprint density at radius 2 is 2.18 bits per heavy atom. The number of hydrogen-bond acceptors (Lipinski definition) is 4. The van der Waals surface area contributed by atoms with Crippen molar-refractivity contribution in [1.29, 1.82) is 0 Å². The summed E-state index contributed by atoms with van der Waals surface area (Å²) in [5, 5.41) is 0.871. The summed E-state index contributed by atoms with van der Waals surface area (Å²) in [7, 11) is 1.65. The van der Waals surface area contributed by atoms with Crippen molar-refractivity contribution in [3.8, 4) is 16.3 Å². The molecule has 1 heterocycles. The third-order valence-corrected chi connectivity index (χ3v) is 3.74. The predicted molar refractivity (Wildman–Crippen MR) is 71.9 cm³/mol. The van der Waals surface area contributed by atoms with Gasteiger partial charge in [-0.2, -0.15) is 0 Å². The first kappa shape index (κ1) is 12.4. The second-order valence-corrected chi connectivity index (χ2v) is 5.08. The molecule has 0 spiro atoms. The molecule has 1 aromatic heterocycles. The lowest BCUT2D eigenvalue weighted by molar-refractivity contribution is 0.416. The molecule has 2 N–H and O–H groups in total. The van der Waals surface area contributed by atoms with Gasteiger partial charge < -0.3 is 10.5 Å². The molecule has 2 aromatic rings. The van der Waals surface area contributed by atoms with Crippen molar-refractivity contribution in [3.05, 3.63) is 34.3 Å². The van der Waals surface area contributed by atoms with Crippen LogP contribution in [-0.4, -0.2) is 18.6 Å². The molecule has 0 amide bonds. The second kappa shape index (κ2) is 5.49. The van der Waals surface area contributed by atoms with Gasteiger partial charge in [0.25, 0.3) is 0 Å². The molecule has 5 heteroatoms. The van der Waals surface area contributed by atoms with E-state index in [2.05, 4.69) is 4.98 Å². The number of aromatic nitrogens is 1. The molecule has 0 aliphatic rings. The van der Waals surface area contributed by atoms with Crippen LogP contribution < -0.4 is 10.5 Å². The van der Waals surface area contributed by atoms with Crippen LogP contribution in [0, 0.1) is 0 Å². The maximum Gasteiger partial charge on any atom is 0.129 e. The molecule has 0 saturated heterocycles. The normalized spacial score (nSPS) is 10.5. The fourth-order valence-corrected chi connectivity index (χ4v) is 2.79. The highest BCUT2D eigenvalue weighted by molar-refractivity contribution is 7.19. The number of hydrogen-bond donors (Lipinski definition) is 1. The zero-order valence-corrected chi connectivity index (χ0v) is 11.0. The van der Waals surface area contributed by atoms with E-state index >= 15 is 0 Å². The first-order valence-corrected chi connectivity index (χ1v) is 6.44. The smallest absolute Gasteiger partial charge is 0.129 e. The average Bonchev–Trinajstić information content (AvgIpc) is 2.71. The summed E-state index contributed by atoms with van der Waals surface area (Å²) in [6, 6.07) is 7.77. The zero-order valence-electron chi connectivity index (χ0n) is 9.44. The van der Waals surface area contributed by atoms with Crippen LogP contribution in [0.4, 0.5) is 0 Å². The molecule has 1 aromatic carbocycles. The monoisotopic (exact) mass is 268 g/mol. The first-order valence-electron chi connectivity index (χ1n) is 5.25. The standard InChI is InChI=1S/C12H13ClN2OS/c1-16-10-5-3-2-4-8(10)12-15-9(6-7-14)11(13)17-12/h2-5H,6-7,14H2,1H3. The van der Waals surface area contributed by atoms with Gasteiger partial charge in [-0.1, -0.05) is 23.7 Å². The lowest BCUT2D eigenvalue weighted by Crippen LogP contribution is -2.03. The minimum Gasteiger partial charge on any atom is -0.496 e. The van der Waals surface area contributed by atoms with Crippen molar-refractivity contribution in [2.75, 3.05) is 13.7 Å². The van der Waals surface area contributed by atoms with Crippen LogP contribution in [0.1, 0.15) is 5.69 Å². The van der Waals surface area contributed by atoms with Crippen molar-refractivity contribution >= 4 is 22.9 Å². The quantitative estimate of drug-likeness (QED) is 0.927. The predicted octanol–water partition coefficient (Wildman–Crippen LogP) is 2.97. The molecule has 3 nitrogen and oxygen atoms in total. The highest BCUT2D eigenvalue weighted by Crippen LogP contribution is 2.36. The van der Waals surface area contributed by atoms with Gasteiger partial charge in [0.2, 0.25) is 0 Å². The Kier molecular flexibility index (Phi) is 3.99. The summed E-state index contributed by atoms with van der Waals surface area (Å²) in [5.41, 5.74) is 7.34. The Hall–Kier alpha value is -1.10. The summed E-state index contributed by atoms with van der Waals surface area (Å²) in [4.78, 5) is 4.50. The summed E-state index contributed by atoms with van der Waals surface area (Å²) >= 11 is 7.58. The van der Waals surface area contributed by atoms with Crippen molar-refractivity contribution in [3.63, 3.8) is 0 Å². The summed E-state index contributed by atoms with van der Waals surface area (Å²) in [5.74, 6) is 0.803. The van der Waals surface area contributed by atoms with E-state index in [1.54, 1.807) is 7.11 Å². The number of benzene rings is 1. The molecule has 2 rings (SSSR count). The van der Waals surface area contributed by atoms with Crippen LogP contribution in [0.25, 0.3) is 10.6 Å². The van der Waals surface area contributed by atoms with Crippen LogP contribution in [0.3, 0.4) is 0 Å². The van der Waals surface area contributed by atoms with E-state index in [9.17, 15) is 0 Å². The molecule has 0 fully saturated rings. The largest absolute Gasteiger partial charge is 0.496 e. The molecular weight excluding hydrogens is 256 g/mol. The molecule has 0 radical (unpaired) electrons. The molecule has 90 valence electrons. The van der Waals surface area contributed by atoms with Crippen LogP contribution in [-0.2, 0) is 6.42 Å². The minimum atomic E-state index is 0.550. The van der Waals surface area contributed by atoms with Gasteiger partial charge in [-0.3, -0.25) is 0 Å². The molecular formula is C12H13ClN2OS. The summed E-state index contributed by atoms with van der Waals surface area (Å²) in [6.07, 6.45) is 0.699. The van der Waals surface area contributed by atoms with Gasteiger partial charge in [0.05, 0.1) is 18.4 Å². The van der Waals surface area contributed by atoms with Gasteiger partial charge in [0.15, 0.2) is 0 Å². The Morgan fingerprint density at radius 1 is 1.41 bits per heavy atom. The average molecular weight is 269 g/mol. The molecule has 17 heavy (non-hydrogen) atoms. The number of halogens is 1. The van der Waals surface area contributed by atoms with E-state index in [0.717, 1.165) is 22.0 Å². The Labute approximate surface area is 109 Å². The SMILES string of the molecule is COc1ccccc1-c1nc(CCN)c(Cl)s1. The second-order valence-electron chi connectivity index (χ2n) is 3.48. The number of nitrogens with zero attached hydrogens (tertiary/aromatic N) is 1. The Morgan fingerprint density at radius 3 is 2.88 bits per heavy atom. The number of para-hydroxylation sites is 1. The van der Waals surface area contributed by atoms with Gasteiger partial charge in [0.1, 0.15) is 15.1 Å². The molecule has 0 bridgehead atoms. The first-order chi connectivity index (χ1) is 8.26. The number of thiazole rings is 1. The number of ether oxygens (including phenoxy) is 1. The summed E-state index contributed by atoms with van der Waals surface area (Å²) in [6.45, 7) is 0.550. The van der Waals surface area contributed by atoms with Gasteiger partial charge in [-0.15, -0.1) is 11.3 Å². The topological polar surface area (TPSA) is 48.1 Å². The number of methoxy groups -OCH3 is 1. The van der Waals surface area contributed by atoms with E-state index in [1.807, 2.05) is 24.3 Å².